The summed E-state index contributed by atoms with van der Waals surface area (Å²) in [6.45, 7) is 12.8. The first-order valence-electron chi connectivity index (χ1n) is 11.1. The molecule has 1 aliphatic rings. The first kappa shape index (κ1) is 26.7. The topological polar surface area (TPSA) is 68.8 Å². The van der Waals surface area contributed by atoms with Crippen molar-refractivity contribution in [1.82, 2.24) is 20.9 Å². The van der Waals surface area contributed by atoms with E-state index in [9.17, 15) is 4.79 Å². The van der Waals surface area contributed by atoms with E-state index < -0.39 is 0 Å². The molecule has 2 rings (SSSR count). The summed E-state index contributed by atoms with van der Waals surface area (Å²) in [6, 6.07) is 7.79. The van der Waals surface area contributed by atoms with Crippen LogP contribution in [-0.4, -0.2) is 63.1 Å². The van der Waals surface area contributed by atoms with Crippen LogP contribution in [0.15, 0.2) is 29.3 Å². The third-order valence-corrected chi connectivity index (χ3v) is 5.20. The maximum Gasteiger partial charge on any atom is 0.251 e. The van der Waals surface area contributed by atoms with Gasteiger partial charge in [-0.15, -0.1) is 24.0 Å². The van der Waals surface area contributed by atoms with Crippen molar-refractivity contribution in [3.63, 3.8) is 0 Å². The number of rotatable bonds is 9. The normalized spacial score (nSPS) is 17.4. The molecular formula is C23H40IN5O. The number of benzene rings is 1. The molecule has 0 radical (unpaired) electrons. The molecule has 1 atom stereocenters. The molecule has 0 saturated carbocycles. The van der Waals surface area contributed by atoms with E-state index in [-0.39, 0.29) is 29.9 Å². The number of nitrogens with one attached hydrogen (secondary N) is 3. The Balaban J connectivity index is 0.00000450. The summed E-state index contributed by atoms with van der Waals surface area (Å²) in [6.07, 6.45) is 3.39. The summed E-state index contributed by atoms with van der Waals surface area (Å²) in [5.41, 5.74) is 1.85. The molecule has 0 aliphatic carbocycles. The second-order valence-corrected chi connectivity index (χ2v) is 8.34. The molecule has 0 bridgehead atoms. The molecule has 1 aromatic rings. The van der Waals surface area contributed by atoms with Gasteiger partial charge in [0.1, 0.15) is 0 Å². The fourth-order valence-electron chi connectivity index (χ4n) is 3.88. The van der Waals surface area contributed by atoms with E-state index in [4.69, 9.17) is 4.99 Å². The van der Waals surface area contributed by atoms with E-state index in [2.05, 4.69) is 47.7 Å². The van der Waals surface area contributed by atoms with Crippen molar-refractivity contribution in [2.24, 2.45) is 16.8 Å². The minimum absolute atomic E-state index is 0. The molecule has 3 N–H and O–H groups in total. The van der Waals surface area contributed by atoms with Gasteiger partial charge in [0.05, 0.1) is 0 Å². The van der Waals surface area contributed by atoms with Crippen molar-refractivity contribution in [3.05, 3.63) is 35.4 Å². The smallest absolute Gasteiger partial charge is 0.251 e. The number of piperidine rings is 1. The van der Waals surface area contributed by atoms with E-state index >= 15 is 0 Å². The number of aliphatic imine (C=N–C) groups is 1. The maximum atomic E-state index is 11.8. The minimum atomic E-state index is -0.0475. The van der Waals surface area contributed by atoms with Crippen molar-refractivity contribution in [1.29, 1.82) is 0 Å². The monoisotopic (exact) mass is 529 g/mol. The number of halogens is 1. The molecule has 1 amide bonds. The highest BCUT2D eigenvalue weighted by Gasteiger charge is 2.20. The van der Waals surface area contributed by atoms with E-state index in [0.717, 1.165) is 50.0 Å². The lowest BCUT2D eigenvalue weighted by atomic mass is 9.97. The molecule has 1 aromatic carbocycles. The fourth-order valence-corrected chi connectivity index (χ4v) is 3.88. The summed E-state index contributed by atoms with van der Waals surface area (Å²) in [4.78, 5) is 19.2. The number of hydrogen-bond donors (Lipinski definition) is 3. The van der Waals surface area contributed by atoms with Crippen LogP contribution in [0.2, 0.25) is 0 Å². The lowest BCUT2D eigenvalue weighted by molar-refractivity contribution is 0.0963. The van der Waals surface area contributed by atoms with Gasteiger partial charge in [-0.2, -0.15) is 0 Å². The molecular weight excluding hydrogens is 489 g/mol. The zero-order chi connectivity index (χ0) is 21.1. The quantitative estimate of drug-likeness (QED) is 0.261. The Kier molecular flexibility index (Phi) is 13.0. The Morgan fingerprint density at radius 2 is 2.10 bits per heavy atom. The summed E-state index contributed by atoms with van der Waals surface area (Å²) >= 11 is 0. The number of nitrogens with zero attached hydrogens (tertiary/aromatic N) is 2. The van der Waals surface area contributed by atoms with Crippen LogP contribution in [0.1, 0.15) is 49.5 Å². The number of amides is 1. The average Bonchev–Trinajstić information content (AvgIpc) is 2.71. The predicted octanol–water partition coefficient (Wildman–Crippen LogP) is 3.13. The van der Waals surface area contributed by atoms with E-state index in [1.807, 2.05) is 18.2 Å². The SMILES string of the molecule is CCNC(=NCC1CCCN(CC(C)C)C1)NCCc1cccc(C(=O)NC)c1.I. The molecule has 1 heterocycles. The Labute approximate surface area is 199 Å². The summed E-state index contributed by atoms with van der Waals surface area (Å²) in [5.74, 6) is 2.20. The van der Waals surface area contributed by atoms with Crippen molar-refractivity contribution in [3.8, 4) is 0 Å². The number of likely N-dealkylation sites (tertiary alicyclic amines) is 1. The Morgan fingerprint density at radius 1 is 1.30 bits per heavy atom. The highest BCUT2D eigenvalue weighted by Crippen LogP contribution is 2.17. The third kappa shape index (κ3) is 9.64. The molecule has 0 aromatic heterocycles. The number of guanidine groups is 1. The van der Waals surface area contributed by atoms with Crippen molar-refractivity contribution in [2.45, 2.75) is 40.0 Å². The van der Waals surface area contributed by atoms with E-state index in [0.29, 0.717) is 11.5 Å². The van der Waals surface area contributed by atoms with Gasteiger partial charge < -0.3 is 20.9 Å². The molecule has 1 fully saturated rings. The van der Waals surface area contributed by atoms with Gasteiger partial charge in [-0.3, -0.25) is 9.79 Å². The largest absolute Gasteiger partial charge is 0.357 e. The number of carbonyl (C=O) groups is 1. The van der Waals surface area contributed by atoms with E-state index in [1.54, 1.807) is 7.05 Å². The second kappa shape index (κ2) is 14.6. The molecule has 1 saturated heterocycles. The third-order valence-electron chi connectivity index (χ3n) is 5.20. The summed E-state index contributed by atoms with van der Waals surface area (Å²) in [5, 5.41) is 9.46. The highest BCUT2D eigenvalue weighted by molar-refractivity contribution is 14.0. The standard InChI is InChI=1S/C23H39N5O.HI/c1-5-25-23(27-15-20-9-7-13-28(17-20)16-18(2)3)26-12-11-19-8-6-10-21(14-19)22(29)24-4;/h6,8,10,14,18,20H,5,7,9,11-13,15-17H2,1-4H3,(H,24,29)(H2,25,26,27);1H. The van der Waals surface area contributed by atoms with Crippen LogP contribution in [0.3, 0.4) is 0 Å². The minimum Gasteiger partial charge on any atom is -0.357 e. The van der Waals surface area contributed by atoms with Gasteiger partial charge in [-0.25, -0.2) is 0 Å². The van der Waals surface area contributed by atoms with Crippen LogP contribution in [0.25, 0.3) is 0 Å². The Morgan fingerprint density at radius 3 is 2.80 bits per heavy atom. The molecule has 0 spiro atoms. The molecule has 1 unspecified atom stereocenters. The molecule has 6 nitrogen and oxygen atoms in total. The number of hydrogen-bond acceptors (Lipinski definition) is 3. The lowest BCUT2D eigenvalue weighted by Crippen LogP contribution is -2.41. The summed E-state index contributed by atoms with van der Waals surface area (Å²) < 4.78 is 0. The van der Waals surface area contributed by atoms with Gasteiger partial charge in [0.15, 0.2) is 5.96 Å². The van der Waals surface area contributed by atoms with Gasteiger partial charge in [-0.1, -0.05) is 26.0 Å². The van der Waals surface area contributed by atoms with Gasteiger partial charge in [0.2, 0.25) is 0 Å². The van der Waals surface area contributed by atoms with Crippen molar-refractivity contribution in [2.75, 3.05) is 46.3 Å². The highest BCUT2D eigenvalue weighted by atomic mass is 127. The van der Waals surface area contributed by atoms with Gasteiger partial charge >= 0.3 is 0 Å². The Hall–Kier alpha value is -1.35. The molecule has 30 heavy (non-hydrogen) atoms. The van der Waals surface area contributed by atoms with Crippen LogP contribution in [0.5, 0.6) is 0 Å². The number of carbonyl (C=O) groups excluding carboxylic acids is 1. The zero-order valence-electron chi connectivity index (χ0n) is 19.0. The van der Waals surface area contributed by atoms with Gasteiger partial charge in [0.25, 0.3) is 5.91 Å². The van der Waals surface area contributed by atoms with Crippen LogP contribution in [-0.2, 0) is 6.42 Å². The fraction of sp³-hybridized carbons (Fsp3) is 0.652. The first-order valence-corrected chi connectivity index (χ1v) is 11.1. The summed E-state index contributed by atoms with van der Waals surface area (Å²) in [7, 11) is 1.66. The molecule has 1 aliphatic heterocycles. The maximum absolute atomic E-state index is 11.8. The lowest BCUT2D eigenvalue weighted by Gasteiger charge is -2.33. The van der Waals surface area contributed by atoms with Crippen molar-refractivity contribution >= 4 is 35.8 Å². The first-order chi connectivity index (χ1) is 14.0. The average molecular weight is 530 g/mol. The van der Waals surface area contributed by atoms with Crippen LogP contribution in [0, 0.1) is 11.8 Å². The molecule has 170 valence electrons. The second-order valence-electron chi connectivity index (χ2n) is 8.34. The van der Waals surface area contributed by atoms with Crippen LogP contribution >= 0.6 is 24.0 Å². The Bertz CT molecular complexity index is 665. The van der Waals surface area contributed by atoms with Gasteiger partial charge in [0, 0.05) is 45.3 Å². The van der Waals surface area contributed by atoms with E-state index in [1.165, 1.54) is 25.9 Å². The zero-order valence-corrected chi connectivity index (χ0v) is 21.4. The van der Waals surface area contributed by atoms with Crippen LogP contribution < -0.4 is 16.0 Å². The molecule has 7 heteroatoms. The predicted molar refractivity (Wildman–Crippen MR) is 137 cm³/mol. The van der Waals surface area contributed by atoms with Crippen LogP contribution in [0.4, 0.5) is 0 Å². The van der Waals surface area contributed by atoms with Crippen molar-refractivity contribution < 1.29 is 4.79 Å². The van der Waals surface area contributed by atoms with Gasteiger partial charge in [-0.05, 0) is 62.3 Å².